The molecule has 136 valence electrons. The van der Waals surface area contributed by atoms with E-state index in [0.29, 0.717) is 32.6 Å². The lowest BCUT2D eigenvalue weighted by Gasteiger charge is -2.36. The summed E-state index contributed by atoms with van der Waals surface area (Å²) in [5.74, 6) is 0.886. The maximum Gasteiger partial charge on any atom is 0.269 e. The van der Waals surface area contributed by atoms with E-state index < -0.39 is 4.92 Å². The number of amides is 1. The Labute approximate surface area is 151 Å². The van der Waals surface area contributed by atoms with E-state index in [1.165, 1.54) is 12.1 Å². The van der Waals surface area contributed by atoms with Crippen LogP contribution in [-0.2, 0) is 11.2 Å². The highest BCUT2D eigenvalue weighted by molar-refractivity contribution is 5.79. The molecule has 2 aromatic carbocycles. The van der Waals surface area contributed by atoms with E-state index in [-0.39, 0.29) is 11.6 Å². The summed E-state index contributed by atoms with van der Waals surface area (Å²) in [6.45, 7) is 2.72. The van der Waals surface area contributed by atoms with Crippen LogP contribution in [-0.4, -0.2) is 49.0 Å². The standard InChI is InChI=1S/C19H21N3O4/c1-26-18-8-2-15(3-9-18)14-19(23)21-12-10-20(11-13-21)16-4-6-17(7-5-16)22(24)25/h2-9H,10-14H2,1H3. The SMILES string of the molecule is COc1ccc(CC(=O)N2CCN(c3ccc([N+](=O)[O-])cc3)CC2)cc1. The third-order valence-corrected chi connectivity index (χ3v) is 4.57. The Kier molecular flexibility index (Phi) is 5.36. The van der Waals surface area contributed by atoms with Crippen molar-refractivity contribution in [1.82, 2.24) is 4.90 Å². The topological polar surface area (TPSA) is 75.9 Å². The van der Waals surface area contributed by atoms with E-state index in [9.17, 15) is 14.9 Å². The highest BCUT2D eigenvalue weighted by Crippen LogP contribution is 2.21. The van der Waals surface area contributed by atoms with Gasteiger partial charge in [0.25, 0.3) is 5.69 Å². The molecule has 1 saturated heterocycles. The lowest BCUT2D eigenvalue weighted by atomic mass is 10.1. The van der Waals surface area contributed by atoms with Gasteiger partial charge in [-0.05, 0) is 29.8 Å². The molecule has 26 heavy (non-hydrogen) atoms. The maximum atomic E-state index is 12.5. The second-order valence-corrected chi connectivity index (χ2v) is 6.17. The molecule has 7 nitrogen and oxygen atoms in total. The third kappa shape index (κ3) is 4.11. The van der Waals surface area contributed by atoms with Gasteiger partial charge in [0, 0.05) is 44.0 Å². The first-order valence-electron chi connectivity index (χ1n) is 8.47. The number of nitro benzene ring substituents is 1. The molecule has 0 unspecified atom stereocenters. The minimum absolute atomic E-state index is 0.0852. The average molecular weight is 355 g/mol. The number of methoxy groups -OCH3 is 1. The van der Waals surface area contributed by atoms with Crippen molar-refractivity contribution in [3.8, 4) is 5.75 Å². The van der Waals surface area contributed by atoms with E-state index in [1.807, 2.05) is 29.2 Å². The van der Waals surface area contributed by atoms with Gasteiger partial charge in [0.15, 0.2) is 0 Å². The number of hydrogen-bond acceptors (Lipinski definition) is 5. The number of ether oxygens (including phenoxy) is 1. The molecule has 3 rings (SSSR count). The minimum atomic E-state index is -0.403. The lowest BCUT2D eigenvalue weighted by molar-refractivity contribution is -0.384. The van der Waals surface area contributed by atoms with Crippen LogP contribution in [0.2, 0.25) is 0 Å². The first-order valence-corrected chi connectivity index (χ1v) is 8.47. The van der Waals surface area contributed by atoms with Crippen molar-refractivity contribution in [2.24, 2.45) is 0 Å². The molecule has 2 aromatic rings. The van der Waals surface area contributed by atoms with Gasteiger partial charge in [-0.1, -0.05) is 12.1 Å². The van der Waals surface area contributed by atoms with E-state index in [2.05, 4.69) is 4.90 Å². The van der Waals surface area contributed by atoms with E-state index >= 15 is 0 Å². The summed E-state index contributed by atoms with van der Waals surface area (Å²) in [5.41, 5.74) is 1.99. The molecule has 1 amide bonds. The molecule has 1 fully saturated rings. The molecule has 0 spiro atoms. The van der Waals surface area contributed by atoms with Gasteiger partial charge in [-0.3, -0.25) is 14.9 Å². The van der Waals surface area contributed by atoms with Crippen LogP contribution in [0.1, 0.15) is 5.56 Å². The molecular formula is C19H21N3O4. The molecule has 1 aliphatic rings. The molecule has 1 aliphatic heterocycles. The summed E-state index contributed by atoms with van der Waals surface area (Å²) >= 11 is 0. The quantitative estimate of drug-likeness (QED) is 0.608. The van der Waals surface area contributed by atoms with Crippen LogP contribution >= 0.6 is 0 Å². The molecule has 0 atom stereocenters. The second-order valence-electron chi connectivity index (χ2n) is 6.17. The molecule has 0 bridgehead atoms. The van der Waals surface area contributed by atoms with Crippen molar-refractivity contribution in [2.45, 2.75) is 6.42 Å². The number of piperazine rings is 1. The van der Waals surface area contributed by atoms with Gasteiger partial charge in [-0.25, -0.2) is 0 Å². The van der Waals surface area contributed by atoms with Crippen LogP contribution in [0.15, 0.2) is 48.5 Å². The van der Waals surface area contributed by atoms with Crippen molar-refractivity contribution in [2.75, 3.05) is 38.2 Å². The van der Waals surface area contributed by atoms with Crippen LogP contribution in [0.25, 0.3) is 0 Å². The maximum absolute atomic E-state index is 12.5. The van der Waals surface area contributed by atoms with Crippen LogP contribution < -0.4 is 9.64 Å². The fourth-order valence-corrected chi connectivity index (χ4v) is 3.03. The van der Waals surface area contributed by atoms with Gasteiger partial charge >= 0.3 is 0 Å². The summed E-state index contributed by atoms with van der Waals surface area (Å²) < 4.78 is 5.13. The Bertz CT molecular complexity index is 766. The molecule has 0 aliphatic carbocycles. The largest absolute Gasteiger partial charge is 0.497 e. The van der Waals surface area contributed by atoms with E-state index in [1.54, 1.807) is 19.2 Å². The summed E-state index contributed by atoms with van der Waals surface area (Å²) in [6.07, 6.45) is 0.377. The van der Waals surface area contributed by atoms with Crippen molar-refractivity contribution in [3.63, 3.8) is 0 Å². The van der Waals surface area contributed by atoms with Gasteiger partial charge in [-0.2, -0.15) is 0 Å². The van der Waals surface area contributed by atoms with Gasteiger partial charge in [-0.15, -0.1) is 0 Å². The Morgan fingerprint density at radius 3 is 2.19 bits per heavy atom. The number of non-ortho nitro benzene ring substituents is 1. The van der Waals surface area contributed by atoms with Gasteiger partial charge in [0.2, 0.25) is 5.91 Å². The Morgan fingerprint density at radius 1 is 1.04 bits per heavy atom. The highest BCUT2D eigenvalue weighted by Gasteiger charge is 2.21. The van der Waals surface area contributed by atoms with Crippen molar-refractivity contribution < 1.29 is 14.5 Å². The first-order chi connectivity index (χ1) is 12.6. The number of anilines is 1. The number of benzene rings is 2. The highest BCUT2D eigenvalue weighted by atomic mass is 16.6. The van der Waals surface area contributed by atoms with Crippen LogP contribution in [0.3, 0.4) is 0 Å². The van der Waals surface area contributed by atoms with Crippen LogP contribution in [0, 0.1) is 10.1 Å². The van der Waals surface area contributed by atoms with E-state index in [0.717, 1.165) is 17.0 Å². The Balaban J connectivity index is 1.53. The van der Waals surface area contributed by atoms with Crippen LogP contribution in [0.4, 0.5) is 11.4 Å². The molecule has 0 aromatic heterocycles. The van der Waals surface area contributed by atoms with Crippen molar-refractivity contribution in [3.05, 3.63) is 64.2 Å². The zero-order valence-corrected chi connectivity index (χ0v) is 14.6. The molecule has 0 saturated carbocycles. The molecular weight excluding hydrogens is 334 g/mol. The van der Waals surface area contributed by atoms with Gasteiger partial charge < -0.3 is 14.5 Å². The molecule has 1 heterocycles. The normalized spacial score (nSPS) is 14.2. The molecule has 7 heteroatoms. The number of hydrogen-bond donors (Lipinski definition) is 0. The average Bonchev–Trinajstić information content (AvgIpc) is 2.69. The fraction of sp³-hybridized carbons (Fsp3) is 0.316. The first kappa shape index (κ1) is 17.7. The van der Waals surface area contributed by atoms with Crippen LogP contribution in [0.5, 0.6) is 5.75 Å². The number of nitro groups is 1. The smallest absolute Gasteiger partial charge is 0.269 e. The fourth-order valence-electron chi connectivity index (χ4n) is 3.03. The summed E-state index contributed by atoms with van der Waals surface area (Å²) in [4.78, 5) is 26.8. The summed E-state index contributed by atoms with van der Waals surface area (Å²) in [7, 11) is 1.62. The van der Waals surface area contributed by atoms with Gasteiger partial charge in [0.1, 0.15) is 5.75 Å². The number of rotatable bonds is 5. The number of carbonyl (C=O) groups is 1. The van der Waals surface area contributed by atoms with Crippen molar-refractivity contribution >= 4 is 17.3 Å². The van der Waals surface area contributed by atoms with Crippen molar-refractivity contribution in [1.29, 1.82) is 0 Å². The Hall–Kier alpha value is -3.09. The zero-order valence-electron chi connectivity index (χ0n) is 14.6. The summed E-state index contributed by atoms with van der Waals surface area (Å²) in [6, 6.07) is 14.1. The zero-order chi connectivity index (χ0) is 18.5. The lowest BCUT2D eigenvalue weighted by Crippen LogP contribution is -2.49. The Morgan fingerprint density at radius 2 is 1.65 bits per heavy atom. The predicted molar refractivity (Wildman–Crippen MR) is 98.6 cm³/mol. The third-order valence-electron chi connectivity index (χ3n) is 4.57. The molecule has 0 radical (unpaired) electrons. The van der Waals surface area contributed by atoms with Gasteiger partial charge in [0.05, 0.1) is 18.5 Å². The van der Waals surface area contributed by atoms with E-state index in [4.69, 9.17) is 4.74 Å². The number of carbonyl (C=O) groups excluding carboxylic acids is 1. The number of nitrogens with zero attached hydrogens (tertiary/aromatic N) is 3. The predicted octanol–water partition coefficient (Wildman–Crippen LogP) is 2.49. The second kappa shape index (κ2) is 7.86. The molecule has 0 N–H and O–H groups in total. The monoisotopic (exact) mass is 355 g/mol. The minimum Gasteiger partial charge on any atom is -0.497 e. The summed E-state index contributed by atoms with van der Waals surface area (Å²) in [5, 5.41) is 10.7.